The summed E-state index contributed by atoms with van der Waals surface area (Å²) >= 11 is 0. The van der Waals surface area contributed by atoms with Crippen molar-refractivity contribution in [2.45, 2.75) is 45.6 Å². The van der Waals surface area contributed by atoms with E-state index in [4.69, 9.17) is 0 Å². The highest BCUT2D eigenvalue weighted by Crippen LogP contribution is 2.19. The Morgan fingerprint density at radius 2 is 1.83 bits per heavy atom. The lowest BCUT2D eigenvalue weighted by Crippen LogP contribution is -2.42. The van der Waals surface area contributed by atoms with E-state index < -0.39 is 0 Å². The summed E-state index contributed by atoms with van der Waals surface area (Å²) in [5.41, 5.74) is 0. The van der Waals surface area contributed by atoms with Crippen molar-refractivity contribution < 1.29 is 0 Å². The molecule has 0 radical (unpaired) electrons. The van der Waals surface area contributed by atoms with Gasteiger partial charge in [0.1, 0.15) is 0 Å². The molecule has 0 bridgehead atoms. The fraction of sp³-hybridized carbons (Fsp3) is 1.00. The van der Waals surface area contributed by atoms with Crippen molar-refractivity contribution in [3.8, 4) is 0 Å². The Morgan fingerprint density at radius 3 is 2.50 bits per heavy atom. The summed E-state index contributed by atoms with van der Waals surface area (Å²) in [6, 6.07) is 0.725. The van der Waals surface area contributed by atoms with Crippen LogP contribution in [0.4, 0.5) is 0 Å². The Labute approximate surface area is 113 Å². The zero-order valence-corrected chi connectivity index (χ0v) is 12.3. The fourth-order valence-corrected chi connectivity index (χ4v) is 3.37. The van der Waals surface area contributed by atoms with Crippen LogP contribution in [0, 0.1) is 5.92 Å². The summed E-state index contributed by atoms with van der Waals surface area (Å²) in [7, 11) is 0. The lowest BCUT2D eigenvalue weighted by molar-refractivity contribution is 0.146. The van der Waals surface area contributed by atoms with Crippen LogP contribution in [-0.2, 0) is 0 Å². The second kappa shape index (κ2) is 7.46. The van der Waals surface area contributed by atoms with Gasteiger partial charge in [-0.2, -0.15) is 0 Å². The van der Waals surface area contributed by atoms with Crippen molar-refractivity contribution in [1.29, 1.82) is 0 Å². The molecule has 0 aliphatic carbocycles. The molecule has 0 spiro atoms. The van der Waals surface area contributed by atoms with Crippen molar-refractivity contribution in [3.63, 3.8) is 0 Å². The molecule has 1 unspecified atom stereocenters. The van der Waals surface area contributed by atoms with Crippen molar-refractivity contribution in [1.82, 2.24) is 15.1 Å². The molecule has 0 aromatic carbocycles. The van der Waals surface area contributed by atoms with Gasteiger partial charge in [-0.3, -0.25) is 0 Å². The van der Waals surface area contributed by atoms with E-state index in [2.05, 4.69) is 29.0 Å². The molecule has 1 N–H and O–H groups in total. The number of hydrogen-bond acceptors (Lipinski definition) is 3. The third-order valence-electron chi connectivity index (χ3n) is 4.73. The van der Waals surface area contributed by atoms with Crippen LogP contribution in [0.1, 0.15) is 39.5 Å². The van der Waals surface area contributed by atoms with E-state index in [-0.39, 0.29) is 0 Å². The van der Waals surface area contributed by atoms with Crippen LogP contribution in [0.15, 0.2) is 0 Å². The van der Waals surface area contributed by atoms with Gasteiger partial charge in [-0.15, -0.1) is 0 Å². The van der Waals surface area contributed by atoms with Crippen LogP contribution in [0.25, 0.3) is 0 Å². The largest absolute Gasteiger partial charge is 0.313 e. The quantitative estimate of drug-likeness (QED) is 0.824. The standard InChI is InChI=1S/C15H31N3/c1-3-15-13-18(9-5-8-16-15)12-14-6-10-17(4-2)11-7-14/h14-16H,3-13H2,1-2H3. The zero-order chi connectivity index (χ0) is 12.8. The molecule has 0 saturated carbocycles. The van der Waals surface area contributed by atoms with Gasteiger partial charge in [0.2, 0.25) is 0 Å². The number of likely N-dealkylation sites (tertiary alicyclic amines) is 1. The monoisotopic (exact) mass is 253 g/mol. The van der Waals surface area contributed by atoms with Crippen molar-refractivity contribution >= 4 is 0 Å². The van der Waals surface area contributed by atoms with Crippen LogP contribution in [0.3, 0.4) is 0 Å². The predicted octanol–water partition coefficient (Wildman–Crippen LogP) is 1.79. The third-order valence-corrected chi connectivity index (χ3v) is 4.73. The minimum atomic E-state index is 0.725. The van der Waals surface area contributed by atoms with Crippen molar-refractivity contribution in [3.05, 3.63) is 0 Å². The summed E-state index contributed by atoms with van der Waals surface area (Å²) in [5, 5.41) is 3.66. The van der Waals surface area contributed by atoms with Gasteiger partial charge in [0.15, 0.2) is 0 Å². The summed E-state index contributed by atoms with van der Waals surface area (Å²) in [6.07, 6.45) is 5.41. The molecule has 2 saturated heterocycles. The lowest BCUT2D eigenvalue weighted by Gasteiger charge is -2.34. The Hall–Kier alpha value is -0.120. The number of rotatable bonds is 4. The van der Waals surface area contributed by atoms with Gasteiger partial charge in [-0.1, -0.05) is 13.8 Å². The number of nitrogens with one attached hydrogen (secondary N) is 1. The normalized spacial score (nSPS) is 29.3. The summed E-state index contributed by atoms with van der Waals surface area (Å²) < 4.78 is 0. The molecule has 106 valence electrons. The van der Waals surface area contributed by atoms with E-state index in [1.165, 1.54) is 71.5 Å². The maximum absolute atomic E-state index is 3.66. The second-order valence-electron chi connectivity index (χ2n) is 6.05. The van der Waals surface area contributed by atoms with Crippen LogP contribution < -0.4 is 5.32 Å². The first-order valence-electron chi connectivity index (χ1n) is 8.00. The van der Waals surface area contributed by atoms with E-state index in [1.54, 1.807) is 0 Å². The molecule has 3 nitrogen and oxygen atoms in total. The molecule has 3 heteroatoms. The molecule has 18 heavy (non-hydrogen) atoms. The maximum Gasteiger partial charge on any atom is 0.0192 e. The molecule has 2 fully saturated rings. The molecule has 0 amide bonds. The van der Waals surface area contributed by atoms with Gasteiger partial charge >= 0.3 is 0 Å². The minimum absolute atomic E-state index is 0.725. The van der Waals surface area contributed by atoms with Gasteiger partial charge in [0.25, 0.3) is 0 Å². The van der Waals surface area contributed by atoms with E-state index >= 15 is 0 Å². The SMILES string of the molecule is CCC1CN(CC2CCN(CC)CC2)CCCN1. The summed E-state index contributed by atoms with van der Waals surface area (Å²) in [5.74, 6) is 0.948. The molecule has 2 rings (SSSR count). The maximum atomic E-state index is 3.66. The first kappa shape index (κ1) is 14.3. The third kappa shape index (κ3) is 4.22. The number of piperidine rings is 1. The Balaban J connectivity index is 1.74. The van der Waals surface area contributed by atoms with Crippen LogP contribution in [-0.4, -0.2) is 61.7 Å². The molecule has 2 aliphatic heterocycles. The first-order valence-corrected chi connectivity index (χ1v) is 8.00. The van der Waals surface area contributed by atoms with Crippen LogP contribution >= 0.6 is 0 Å². The number of hydrogen-bond donors (Lipinski definition) is 1. The second-order valence-corrected chi connectivity index (χ2v) is 6.05. The molecule has 0 aromatic heterocycles. The van der Waals surface area contributed by atoms with E-state index in [0.717, 1.165) is 12.0 Å². The molecular formula is C15H31N3. The van der Waals surface area contributed by atoms with E-state index in [1.807, 2.05) is 0 Å². The van der Waals surface area contributed by atoms with Gasteiger partial charge in [-0.05, 0) is 64.3 Å². The Morgan fingerprint density at radius 1 is 1.06 bits per heavy atom. The highest BCUT2D eigenvalue weighted by Gasteiger charge is 2.22. The Kier molecular flexibility index (Phi) is 5.93. The van der Waals surface area contributed by atoms with Gasteiger partial charge < -0.3 is 15.1 Å². The first-order chi connectivity index (χ1) is 8.81. The molecule has 2 aliphatic rings. The van der Waals surface area contributed by atoms with Crippen molar-refractivity contribution in [2.24, 2.45) is 5.92 Å². The highest BCUT2D eigenvalue weighted by molar-refractivity contribution is 4.79. The van der Waals surface area contributed by atoms with Crippen molar-refractivity contribution in [2.75, 3.05) is 45.8 Å². The molecule has 1 atom stereocenters. The summed E-state index contributed by atoms with van der Waals surface area (Å²) in [6.45, 7) is 13.6. The lowest BCUT2D eigenvalue weighted by atomic mass is 9.96. The van der Waals surface area contributed by atoms with E-state index in [0.29, 0.717) is 0 Å². The number of nitrogens with zero attached hydrogens (tertiary/aromatic N) is 2. The molecule has 2 heterocycles. The zero-order valence-electron chi connectivity index (χ0n) is 12.3. The summed E-state index contributed by atoms with van der Waals surface area (Å²) in [4.78, 5) is 5.32. The van der Waals surface area contributed by atoms with Gasteiger partial charge in [0, 0.05) is 19.1 Å². The van der Waals surface area contributed by atoms with Gasteiger partial charge in [0.05, 0.1) is 0 Å². The highest BCUT2D eigenvalue weighted by atomic mass is 15.2. The molecular weight excluding hydrogens is 222 g/mol. The average Bonchev–Trinajstić information content (AvgIpc) is 2.65. The molecule has 0 aromatic rings. The topological polar surface area (TPSA) is 18.5 Å². The fourth-order valence-electron chi connectivity index (χ4n) is 3.37. The van der Waals surface area contributed by atoms with Crippen LogP contribution in [0.2, 0.25) is 0 Å². The average molecular weight is 253 g/mol. The van der Waals surface area contributed by atoms with Crippen LogP contribution in [0.5, 0.6) is 0 Å². The van der Waals surface area contributed by atoms with Gasteiger partial charge in [-0.25, -0.2) is 0 Å². The predicted molar refractivity (Wildman–Crippen MR) is 78.0 cm³/mol. The minimum Gasteiger partial charge on any atom is -0.313 e. The smallest absolute Gasteiger partial charge is 0.0192 e. The van der Waals surface area contributed by atoms with E-state index in [9.17, 15) is 0 Å². The Bertz CT molecular complexity index is 224.